The number of rotatable bonds is 5. The summed E-state index contributed by atoms with van der Waals surface area (Å²) in [6.45, 7) is 5.87. The molecule has 42 heavy (non-hydrogen) atoms. The molecule has 0 aliphatic carbocycles. The molecule has 1 aromatic heterocycles. The van der Waals surface area contributed by atoms with Gasteiger partial charge in [0.2, 0.25) is 0 Å². The molecule has 0 spiro atoms. The molecule has 228 valence electrons. The van der Waals surface area contributed by atoms with Crippen LogP contribution < -0.4 is 15.4 Å². The molecule has 6 rings (SSSR count). The molecule has 4 aliphatic heterocycles. The lowest BCUT2D eigenvalue weighted by Crippen LogP contribution is -2.47. The number of ether oxygens (including phenoxy) is 2. The van der Waals surface area contributed by atoms with Crippen molar-refractivity contribution in [2.45, 2.75) is 82.4 Å². The van der Waals surface area contributed by atoms with Crippen molar-refractivity contribution in [1.82, 2.24) is 14.9 Å². The van der Waals surface area contributed by atoms with Crippen LogP contribution in [0.15, 0.2) is 24.0 Å². The maximum Gasteiger partial charge on any atom is 0.417 e. The Bertz CT molecular complexity index is 1400. The van der Waals surface area contributed by atoms with Gasteiger partial charge < -0.3 is 25.2 Å². The summed E-state index contributed by atoms with van der Waals surface area (Å²) in [6.07, 6.45) is -0.928. The fourth-order valence-corrected chi connectivity index (χ4v) is 7.29. The predicted molar refractivity (Wildman–Crippen MR) is 149 cm³/mol. The Kier molecular flexibility index (Phi) is 7.38. The second-order valence-electron chi connectivity index (χ2n) is 12.6. The van der Waals surface area contributed by atoms with Crippen LogP contribution in [0.5, 0.6) is 6.01 Å². The van der Waals surface area contributed by atoms with Crippen molar-refractivity contribution in [2.24, 2.45) is 0 Å². The van der Waals surface area contributed by atoms with Crippen molar-refractivity contribution >= 4 is 11.5 Å². The van der Waals surface area contributed by atoms with Crippen LogP contribution >= 0.6 is 0 Å². The third-order valence-electron chi connectivity index (χ3n) is 9.17. The fourth-order valence-electron chi connectivity index (χ4n) is 7.29. The topological polar surface area (TPSA) is 97.0 Å². The lowest BCUT2D eigenvalue weighted by atomic mass is 9.91. The minimum atomic E-state index is -4.58. The Morgan fingerprint density at radius 2 is 2.00 bits per heavy atom. The summed E-state index contributed by atoms with van der Waals surface area (Å²) in [4.78, 5) is 13.7. The summed E-state index contributed by atoms with van der Waals surface area (Å²) < 4.78 is 68.1. The molecule has 12 heteroatoms. The molecule has 3 fully saturated rings. The van der Waals surface area contributed by atoms with E-state index in [1.165, 1.54) is 19.1 Å². The number of piperidine rings is 1. The van der Waals surface area contributed by atoms with E-state index in [4.69, 9.17) is 25.2 Å². The molecular weight excluding hydrogens is 554 g/mol. The van der Waals surface area contributed by atoms with Crippen molar-refractivity contribution in [3.8, 4) is 6.01 Å². The summed E-state index contributed by atoms with van der Waals surface area (Å²) in [5, 5.41) is 10.8. The van der Waals surface area contributed by atoms with E-state index in [9.17, 15) is 22.7 Å². The minimum Gasteiger partial charge on any atom is -0.461 e. The number of alkyl halides is 3. The molecule has 3 atom stereocenters. The van der Waals surface area contributed by atoms with E-state index >= 15 is 0 Å². The molecule has 0 radical (unpaired) electrons. The highest BCUT2D eigenvalue weighted by atomic mass is 19.4. The maximum atomic E-state index is 14.1. The molecule has 0 saturated carbocycles. The van der Waals surface area contributed by atoms with Crippen molar-refractivity contribution in [3.05, 3.63) is 52.0 Å². The Labute approximate surface area is 242 Å². The number of aryl methyl sites for hydroxylation is 1. The van der Waals surface area contributed by atoms with Gasteiger partial charge in [-0.3, -0.25) is 4.90 Å². The molecule has 8 nitrogen and oxygen atoms in total. The molecule has 1 aromatic carbocycles. The third kappa shape index (κ3) is 5.44. The molecular formula is C30H37F4N5O3. The van der Waals surface area contributed by atoms with Crippen LogP contribution in [0.3, 0.4) is 0 Å². The first kappa shape index (κ1) is 29.1. The molecule has 3 N–H and O–H groups in total. The highest BCUT2D eigenvalue weighted by Crippen LogP contribution is 2.44. The number of nitrogens with two attached hydrogens (primary N) is 1. The van der Waals surface area contributed by atoms with E-state index in [0.717, 1.165) is 31.4 Å². The SMILES string of the molecule is Cc1cc(N)cc([C@@H]2Cc3nc(OC[C@@]45CCCN4C/C(=C\F)C5)nc(N4CCC[C@@](C)(O)C4)c3CO2)c1C(F)(F)F. The van der Waals surface area contributed by atoms with E-state index < -0.39 is 23.4 Å². The predicted octanol–water partition coefficient (Wildman–Crippen LogP) is 5.02. The number of hydrogen-bond acceptors (Lipinski definition) is 8. The van der Waals surface area contributed by atoms with Crippen molar-refractivity contribution < 1.29 is 32.1 Å². The number of β-amino-alcohol motifs (C(OH)–C–C–N with tert-alkyl or cyclic N) is 1. The summed E-state index contributed by atoms with van der Waals surface area (Å²) in [7, 11) is 0. The first-order chi connectivity index (χ1) is 19.9. The zero-order valence-electron chi connectivity index (χ0n) is 23.9. The maximum absolute atomic E-state index is 14.1. The number of aliphatic hydroxyl groups is 1. The number of fused-ring (bicyclic) bond motifs is 2. The zero-order valence-corrected chi connectivity index (χ0v) is 23.9. The fraction of sp³-hybridized carbons (Fsp3) is 0.600. The summed E-state index contributed by atoms with van der Waals surface area (Å²) in [6, 6.07) is 2.76. The van der Waals surface area contributed by atoms with Gasteiger partial charge >= 0.3 is 12.2 Å². The van der Waals surface area contributed by atoms with Gasteiger partial charge in [-0.15, -0.1) is 0 Å². The van der Waals surface area contributed by atoms with Crippen LogP contribution in [-0.2, 0) is 23.9 Å². The molecule has 4 aliphatic rings. The largest absolute Gasteiger partial charge is 0.461 e. The second kappa shape index (κ2) is 10.6. The van der Waals surface area contributed by atoms with Gasteiger partial charge in [-0.05, 0) is 81.3 Å². The van der Waals surface area contributed by atoms with Crippen LogP contribution in [0, 0.1) is 6.92 Å². The van der Waals surface area contributed by atoms with E-state index in [1.54, 1.807) is 6.92 Å². The Morgan fingerprint density at radius 3 is 2.74 bits per heavy atom. The average Bonchev–Trinajstić information content (AvgIpc) is 3.46. The van der Waals surface area contributed by atoms with E-state index in [-0.39, 0.29) is 48.0 Å². The van der Waals surface area contributed by atoms with E-state index in [0.29, 0.717) is 55.9 Å². The first-order valence-corrected chi connectivity index (χ1v) is 14.5. The van der Waals surface area contributed by atoms with Crippen LogP contribution in [0.1, 0.15) is 73.1 Å². The lowest BCUT2D eigenvalue weighted by Gasteiger charge is -2.39. The van der Waals surface area contributed by atoms with Gasteiger partial charge in [0.05, 0.1) is 41.4 Å². The smallest absolute Gasteiger partial charge is 0.417 e. The number of halogens is 4. The standard InChI is InChI=1S/C30H37F4N5O3/c1-18-9-20(35)10-21(25(18)30(32,33)34)24-11-23-22(15-41-24)26(38-7-3-5-28(2,40)16-38)37-27(36-23)42-17-29-6-4-8-39(29)14-19(12-29)13-31/h9-10,13,24,40H,3-8,11-12,14-17,35H2,1-2H3/b19-13-/t24-,28+,29-/m0/s1. The first-order valence-electron chi connectivity index (χ1n) is 14.5. The number of nitrogens with zero attached hydrogens (tertiary/aromatic N) is 4. The number of hydrogen-bond donors (Lipinski definition) is 2. The number of aromatic nitrogens is 2. The summed E-state index contributed by atoms with van der Waals surface area (Å²) in [5.41, 5.74) is 6.17. The molecule has 3 saturated heterocycles. The Hall–Kier alpha value is -2.96. The van der Waals surface area contributed by atoms with Crippen LogP contribution in [0.2, 0.25) is 0 Å². The van der Waals surface area contributed by atoms with E-state index in [2.05, 4.69) is 4.90 Å². The highest BCUT2D eigenvalue weighted by Gasteiger charge is 2.47. The highest BCUT2D eigenvalue weighted by molar-refractivity contribution is 5.54. The minimum absolute atomic E-state index is 0.00176. The van der Waals surface area contributed by atoms with Gasteiger partial charge in [0.1, 0.15) is 12.4 Å². The van der Waals surface area contributed by atoms with Gasteiger partial charge in [-0.1, -0.05) is 0 Å². The monoisotopic (exact) mass is 591 g/mol. The van der Waals surface area contributed by atoms with Gasteiger partial charge in [-0.25, -0.2) is 4.39 Å². The third-order valence-corrected chi connectivity index (χ3v) is 9.17. The van der Waals surface area contributed by atoms with Crippen molar-refractivity contribution in [1.29, 1.82) is 0 Å². The van der Waals surface area contributed by atoms with Gasteiger partial charge in [0.15, 0.2) is 0 Å². The van der Waals surface area contributed by atoms with Crippen LogP contribution in [-0.4, -0.2) is 63.9 Å². The molecule has 2 aromatic rings. The van der Waals surface area contributed by atoms with Crippen LogP contribution in [0.25, 0.3) is 0 Å². The lowest BCUT2D eigenvalue weighted by molar-refractivity contribution is -0.140. The molecule has 0 amide bonds. The van der Waals surface area contributed by atoms with Crippen LogP contribution in [0.4, 0.5) is 29.1 Å². The summed E-state index contributed by atoms with van der Waals surface area (Å²) in [5.74, 6) is 0.560. The Morgan fingerprint density at radius 1 is 1.21 bits per heavy atom. The average molecular weight is 592 g/mol. The molecule has 5 heterocycles. The Balaban J connectivity index is 1.36. The van der Waals surface area contributed by atoms with Crippen molar-refractivity contribution in [3.63, 3.8) is 0 Å². The molecule has 0 bridgehead atoms. The normalized spacial score (nSPS) is 29.2. The number of nitrogen functional groups attached to an aromatic ring is 1. The molecule has 0 unspecified atom stereocenters. The zero-order chi connectivity index (χ0) is 29.9. The van der Waals surface area contributed by atoms with Gasteiger partial charge in [0.25, 0.3) is 0 Å². The number of anilines is 2. The van der Waals surface area contributed by atoms with Gasteiger partial charge in [0, 0.05) is 37.3 Å². The summed E-state index contributed by atoms with van der Waals surface area (Å²) >= 11 is 0. The van der Waals surface area contributed by atoms with Crippen molar-refractivity contribution in [2.75, 3.05) is 43.4 Å². The quantitative estimate of drug-likeness (QED) is 0.370. The van der Waals surface area contributed by atoms with E-state index in [1.807, 2.05) is 4.90 Å². The second-order valence-corrected chi connectivity index (χ2v) is 12.6. The van der Waals surface area contributed by atoms with Gasteiger partial charge in [-0.2, -0.15) is 23.1 Å². The number of benzene rings is 1.